The number of aliphatic carboxylic acids is 1. The Morgan fingerprint density at radius 1 is 1.45 bits per heavy atom. The molecule has 0 radical (unpaired) electrons. The summed E-state index contributed by atoms with van der Waals surface area (Å²) in [4.78, 5) is 23.9. The summed E-state index contributed by atoms with van der Waals surface area (Å²) < 4.78 is 13.8. The van der Waals surface area contributed by atoms with Crippen molar-refractivity contribution in [3.63, 3.8) is 0 Å². The Balaban J connectivity index is 2.19. The summed E-state index contributed by atoms with van der Waals surface area (Å²) >= 11 is 6.04. The van der Waals surface area contributed by atoms with Crippen molar-refractivity contribution >= 4 is 46.3 Å². The van der Waals surface area contributed by atoms with Crippen molar-refractivity contribution in [1.29, 1.82) is 0 Å². The van der Waals surface area contributed by atoms with Crippen molar-refractivity contribution in [2.24, 2.45) is 0 Å². The molecule has 0 N–H and O–H groups in total. The van der Waals surface area contributed by atoms with Crippen LogP contribution in [0.2, 0.25) is 0 Å². The van der Waals surface area contributed by atoms with Gasteiger partial charge < -0.3 is 9.90 Å². The van der Waals surface area contributed by atoms with Crippen LogP contribution in [0.15, 0.2) is 29.2 Å². The number of thioether (sulfide) groups is 1. The molecular weight excluding hydrogens is 301 g/mol. The van der Waals surface area contributed by atoms with Gasteiger partial charge in [0.15, 0.2) is 0 Å². The molecule has 1 aromatic rings. The van der Waals surface area contributed by atoms with E-state index >= 15 is 0 Å². The SMILES string of the molecule is O=C([O-])CCN1C(=O)/C(=C\c2ccccc2F)SC1=S. The first-order valence-corrected chi connectivity index (χ1v) is 6.91. The molecule has 1 saturated heterocycles. The number of hydrogen-bond donors (Lipinski definition) is 0. The Morgan fingerprint density at radius 3 is 2.80 bits per heavy atom. The molecule has 2 rings (SSSR count). The Bertz CT molecular complexity index is 615. The average Bonchev–Trinajstić information content (AvgIpc) is 2.65. The van der Waals surface area contributed by atoms with E-state index in [2.05, 4.69) is 0 Å². The van der Waals surface area contributed by atoms with Gasteiger partial charge in [-0.15, -0.1) is 0 Å². The van der Waals surface area contributed by atoms with Crippen LogP contribution in [0.5, 0.6) is 0 Å². The third-order valence-electron chi connectivity index (χ3n) is 2.60. The van der Waals surface area contributed by atoms with Gasteiger partial charge in [0.2, 0.25) is 0 Å². The van der Waals surface area contributed by atoms with Gasteiger partial charge in [-0.05, 0) is 12.1 Å². The van der Waals surface area contributed by atoms with E-state index in [0.29, 0.717) is 0 Å². The predicted molar refractivity (Wildman–Crippen MR) is 75.9 cm³/mol. The van der Waals surface area contributed by atoms with E-state index in [-0.39, 0.29) is 27.8 Å². The molecule has 1 aliphatic rings. The minimum atomic E-state index is -1.25. The van der Waals surface area contributed by atoms with Crippen molar-refractivity contribution in [1.82, 2.24) is 4.90 Å². The van der Waals surface area contributed by atoms with Crippen LogP contribution in [0.4, 0.5) is 4.39 Å². The number of halogens is 1. The van der Waals surface area contributed by atoms with E-state index in [9.17, 15) is 19.1 Å². The van der Waals surface area contributed by atoms with Gasteiger partial charge in [0, 0.05) is 24.5 Å². The summed E-state index contributed by atoms with van der Waals surface area (Å²) in [6, 6.07) is 6.05. The number of carbonyl (C=O) groups is 2. The quantitative estimate of drug-likeness (QED) is 0.617. The lowest BCUT2D eigenvalue weighted by atomic mass is 10.2. The topological polar surface area (TPSA) is 60.4 Å². The number of thiocarbonyl (C=S) groups is 1. The average molecular weight is 310 g/mol. The maximum atomic E-state index is 13.5. The van der Waals surface area contributed by atoms with Crippen molar-refractivity contribution in [3.05, 3.63) is 40.6 Å². The number of nitrogens with zero attached hydrogens (tertiary/aromatic N) is 1. The summed E-state index contributed by atoms with van der Waals surface area (Å²) in [5.74, 6) is -2.10. The minimum absolute atomic E-state index is 0.0401. The van der Waals surface area contributed by atoms with Crippen LogP contribution in [0.3, 0.4) is 0 Å². The first kappa shape index (κ1) is 14.7. The Labute approximate surface area is 124 Å². The molecule has 1 amide bonds. The Hall–Kier alpha value is -1.73. The molecular formula is C13H9FNO3S2-. The monoisotopic (exact) mass is 310 g/mol. The molecule has 1 aliphatic heterocycles. The molecule has 0 saturated carbocycles. The highest BCUT2D eigenvalue weighted by molar-refractivity contribution is 8.26. The van der Waals surface area contributed by atoms with Gasteiger partial charge in [0.05, 0.1) is 4.91 Å². The maximum absolute atomic E-state index is 13.5. The molecule has 1 fully saturated rings. The number of benzene rings is 1. The molecule has 0 bridgehead atoms. The summed E-state index contributed by atoms with van der Waals surface area (Å²) in [6.07, 6.45) is 1.12. The van der Waals surface area contributed by atoms with Gasteiger partial charge in [-0.2, -0.15) is 0 Å². The molecule has 1 heterocycles. The second-order valence-corrected chi connectivity index (χ2v) is 5.65. The molecule has 0 unspecified atom stereocenters. The number of carbonyl (C=O) groups excluding carboxylic acids is 2. The largest absolute Gasteiger partial charge is 0.550 e. The molecule has 20 heavy (non-hydrogen) atoms. The molecule has 7 heteroatoms. The fourth-order valence-electron chi connectivity index (χ4n) is 1.63. The van der Waals surface area contributed by atoms with Crippen molar-refractivity contribution in [2.45, 2.75) is 6.42 Å². The zero-order valence-electron chi connectivity index (χ0n) is 10.2. The minimum Gasteiger partial charge on any atom is -0.550 e. The Kier molecular flexibility index (Phi) is 4.51. The Morgan fingerprint density at radius 2 is 2.15 bits per heavy atom. The molecule has 104 valence electrons. The van der Waals surface area contributed by atoms with Gasteiger partial charge in [0.25, 0.3) is 5.91 Å². The lowest BCUT2D eigenvalue weighted by Gasteiger charge is -2.14. The number of rotatable bonds is 4. The van der Waals surface area contributed by atoms with Crippen molar-refractivity contribution in [2.75, 3.05) is 6.54 Å². The fraction of sp³-hybridized carbons (Fsp3) is 0.154. The normalized spacial score (nSPS) is 17.1. The van der Waals surface area contributed by atoms with Crippen LogP contribution >= 0.6 is 24.0 Å². The van der Waals surface area contributed by atoms with Crippen LogP contribution in [-0.2, 0) is 9.59 Å². The lowest BCUT2D eigenvalue weighted by Crippen LogP contribution is -2.33. The predicted octanol–water partition coefficient (Wildman–Crippen LogP) is 1.17. The highest BCUT2D eigenvalue weighted by Gasteiger charge is 2.31. The zero-order chi connectivity index (χ0) is 14.7. The first-order chi connectivity index (χ1) is 9.49. The van der Waals surface area contributed by atoms with E-state index in [1.807, 2.05) is 0 Å². The van der Waals surface area contributed by atoms with Gasteiger partial charge in [-0.25, -0.2) is 4.39 Å². The first-order valence-electron chi connectivity index (χ1n) is 5.69. The van der Waals surface area contributed by atoms with Crippen molar-refractivity contribution < 1.29 is 19.1 Å². The van der Waals surface area contributed by atoms with Crippen molar-refractivity contribution in [3.8, 4) is 0 Å². The zero-order valence-corrected chi connectivity index (χ0v) is 11.8. The van der Waals surface area contributed by atoms with Crippen LogP contribution < -0.4 is 5.11 Å². The molecule has 0 atom stereocenters. The number of amides is 1. The highest BCUT2D eigenvalue weighted by Crippen LogP contribution is 2.32. The summed E-state index contributed by atoms with van der Waals surface area (Å²) in [7, 11) is 0. The van der Waals surface area contributed by atoms with E-state index in [1.54, 1.807) is 18.2 Å². The molecule has 0 aliphatic carbocycles. The molecule has 0 aromatic heterocycles. The summed E-state index contributed by atoms with van der Waals surface area (Å²) in [5.41, 5.74) is 0.285. The van der Waals surface area contributed by atoms with Crippen LogP contribution in [0.1, 0.15) is 12.0 Å². The van der Waals surface area contributed by atoms with E-state index in [0.717, 1.165) is 11.8 Å². The van der Waals surface area contributed by atoms with E-state index in [4.69, 9.17) is 12.2 Å². The smallest absolute Gasteiger partial charge is 0.266 e. The van der Waals surface area contributed by atoms with Crippen LogP contribution in [0.25, 0.3) is 6.08 Å². The van der Waals surface area contributed by atoms with Crippen LogP contribution in [0, 0.1) is 5.82 Å². The molecule has 1 aromatic carbocycles. The fourth-order valence-corrected chi connectivity index (χ4v) is 2.93. The second-order valence-electron chi connectivity index (χ2n) is 3.98. The van der Waals surface area contributed by atoms with Gasteiger partial charge in [-0.3, -0.25) is 9.69 Å². The third kappa shape index (κ3) is 3.23. The second kappa shape index (κ2) is 6.15. The molecule has 0 spiro atoms. The number of hydrogen-bond acceptors (Lipinski definition) is 5. The van der Waals surface area contributed by atoms with E-state index in [1.165, 1.54) is 17.0 Å². The van der Waals surface area contributed by atoms with Gasteiger partial charge in [-0.1, -0.05) is 42.2 Å². The van der Waals surface area contributed by atoms with Crippen LogP contribution in [-0.4, -0.2) is 27.6 Å². The van der Waals surface area contributed by atoms with E-state index < -0.39 is 17.7 Å². The number of carboxylic acids is 1. The third-order valence-corrected chi connectivity index (χ3v) is 3.98. The maximum Gasteiger partial charge on any atom is 0.266 e. The van der Waals surface area contributed by atoms with Gasteiger partial charge in [0.1, 0.15) is 10.1 Å². The standard InChI is InChI=1S/C13H10FNO3S2/c14-9-4-2-1-3-8(9)7-10-12(18)15(13(19)20-10)6-5-11(16)17/h1-4,7H,5-6H2,(H,16,17)/p-1/b10-7+. The van der Waals surface area contributed by atoms with Gasteiger partial charge >= 0.3 is 0 Å². The highest BCUT2D eigenvalue weighted by atomic mass is 32.2. The molecule has 4 nitrogen and oxygen atoms in total. The summed E-state index contributed by atoms with van der Waals surface area (Å²) in [5, 5.41) is 10.4. The summed E-state index contributed by atoms with van der Waals surface area (Å²) in [6.45, 7) is -0.0401. The number of carboxylic acid groups (broad SMARTS) is 1. The lowest BCUT2D eigenvalue weighted by molar-refractivity contribution is -0.305.